The van der Waals surface area contributed by atoms with Gasteiger partial charge in [0, 0.05) is 57.5 Å². The van der Waals surface area contributed by atoms with Crippen LogP contribution >= 0.6 is 0 Å². The molecule has 1 aromatic carbocycles. The van der Waals surface area contributed by atoms with Crippen LogP contribution in [0.25, 0.3) is 0 Å². The number of carbonyl (C=O) groups excluding carboxylic acids is 2. The van der Waals surface area contributed by atoms with Crippen LogP contribution in [0.1, 0.15) is 82.5 Å². The molecule has 2 aliphatic rings. The van der Waals surface area contributed by atoms with Gasteiger partial charge in [-0.3, -0.25) is 9.59 Å². The van der Waals surface area contributed by atoms with E-state index in [-0.39, 0.29) is 54.5 Å². The van der Waals surface area contributed by atoms with E-state index in [1.807, 2.05) is 13.8 Å². The SMILES string of the molecule is C[C@@H]1CN([C@H](C)CO)C(=O)c2cc(NC(=O)C3CCCCC3)ccc2O[C@@H](C)CCCCO[C@@H]1CN(C)S(=O)(=O)c1cn(C)cn1. The zero-order chi connectivity index (χ0) is 33.4. The number of nitrogens with one attached hydrogen (secondary N) is 1. The summed E-state index contributed by atoms with van der Waals surface area (Å²) in [5, 5.41) is 13.2. The molecule has 12 nitrogen and oxygen atoms in total. The number of nitrogens with zero attached hydrogens (tertiary/aromatic N) is 4. The van der Waals surface area contributed by atoms with Crippen molar-refractivity contribution in [2.45, 2.75) is 95.4 Å². The van der Waals surface area contributed by atoms with Crippen LogP contribution in [0.4, 0.5) is 5.69 Å². The van der Waals surface area contributed by atoms with Crippen molar-refractivity contribution in [3.8, 4) is 5.75 Å². The Morgan fingerprint density at radius 2 is 1.87 bits per heavy atom. The van der Waals surface area contributed by atoms with E-state index < -0.39 is 22.2 Å². The van der Waals surface area contributed by atoms with Crippen LogP contribution in [-0.2, 0) is 26.6 Å². The van der Waals surface area contributed by atoms with Gasteiger partial charge in [0.1, 0.15) is 5.75 Å². The summed E-state index contributed by atoms with van der Waals surface area (Å²) in [5.74, 6) is -0.324. The van der Waals surface area contributed by atoms with Crippen LogP contribution in [0.2, 0.25) is 0 Å². The van der Waals surface area contributed by atoms with E-state index in [2.05, 4.69) is 10.3 Å². The van der Waals surface area contributed by atoms with Crippen molar-refractivity contribution >= 4 is 27.5 Å². The molecule has 4 rings (SSSR count). The molecule has 1 aliphatic carbocycles. The molecule has 1 aliphatic heterocycles. The highest BCUT2D eigenvalue weighted by atomic mass is 32.2. The largest absolute Gasteiger partial charge is 0.490 e. The second kappa shape index (κ2) is 16.2. The van der Waals surface area contributed by atoms with Gasteiger partial charge in [0.15, 0.2) is 5.03 Å². The molecule has 256 valence electrons. The van der Waals surface area contributed by atoms with E-state index in [0.717, 1.165) is 51.4 Å². The summed E-state index contributed by atoms with van der Waals surface area (Å²) in [4.78, 5) is 33.0. The summed E-state index contributed by atoms with van der Waals surface area (Å²) in [5.41, 5.74) is 0.817. The van der Waals surface area contributed by atoms with Crippen LogP contribution < -0.4 is 10.1 Å². The molecule has 1 saturated carbocycles. The molecule has 1 fully saturated rings. The molecule has 0 saturated heterocycles. The van der Waals surface area contributed by atoms with Gasteiger partial charge in [0.25, 0.3) is 15.9 Å². The van der Waals surface area contributed by atoms with Gasteiger partial charge < -0.3 is 29.4 Å². The van der Waals surface area contributed by atoms with Crippen molar-refractivity contribution in [2.24, 2.45) is 18.9 Å². The first kappa shape index (κ1) is 35.8. The van der Waals surface area contributed by atoms with Crippen LogP contribution in [0, 0.1) is 11.8 Å². The number of amides is 2. The molecule has 2 heterocycles. The highest BCUT2D eigenvalue weighted by molar-refractivity contribution is 7.89. The highest BCUT2D eigenvalue weighted by Crippen LogP contribution is 2.30. The monoisotopic (exact) mass is 661 g/mol. The summed E-state index contributed by atoms with van der Waals surface area (Å²) in [6, 6.07) is 4.62. The first-order valence-corrected chi connectivity index (χ1v) is 17.9. The fraction of sp³-hybridized carbons (Fsp3) is 0.667. The van der Waals surface area contributed by atoms with Gasteiger partial charge >= 0.3 is 0 Å². The Hall–Kier alpha value is -3.00. The molecular weight excluding hydrogens is 610 g/mol. The number of hydrogen-bond donors (Lipinski definition) is 2. The Labute approximate surface area is 273 Å². The van der Waals surface area contributed by atoms with E-state index in [9.17, 15) is 23.1 Å². The molecule has 1 aromatic heterocycles. The Balaban J connectivity index is 1.63. The number of sulfonamides is 1. The van der Waals surface area contributed by atoms with Crippen molar-refractivity contribution in [2.75, 3.05) is 38.7 Å². The third kappa shape index (κ3) is 9.08. The molecular formula is C33H51N5O7S. The van der Waals surface area contributed by atoms with Crippen LogP contribution in [0.3, 0.4) is 0 Å². The lowest BCUT2D eigenvalue weighted by molar-refractivity contribution is -0.120. The predicted octanol–water partition coefficient (Wildman–Crippen LogP) is 4.06. The third-order valence-corrected chi connectivity index (χ3v) is 10.8. The Kier molecular flexibility index (Phi) is 12.6. The molecule has 0 bridgehead atoms. The van der Waals surface area contributed by atoms with Gasteiger partial charge in [-0.15, -0.1) is 0 Å². The highest BCUT2D eigenvalue weighted by Gasteiger charge is 2.33. The zero-order valence-corrected chi connectivity index (χ0v) is 28.7. The molecule has 2 aromatic rings. The standard InChI is InChI=1S/C33H51N5O7S/c1-23-18-38(24(2)21-39)33(41)28-17-27(35-32(40)26-12-7-6-8-13-26)14-15-29(28)45-25(3)11-9-10-16-44-30(23)19-37(5)46(42,43)31-20-36(4)22-34-31/h14-15,17,20,22-26,30,39H,6-13,16,18-19,21H2,1-5H3,(H,35,40)/t23-,24-,25+,30-/m1/s1. The molecule has 0 radical (unpaired) electrons. The van der Waals surface area contributed by atoms with Crippen molar-refractivity contribution < 1.29 is 32.6 Å². The lowest BCUT2D eigenvalue weighted by atomic mass is 9.88. The van der Waals surface area contributed by atoms with Gasteiger partial charge in [-0.25, -0.2) is 13.4 Å². The third-order valence-electron chi connectivity index (χ3n) is 9.09. The average molecular weight is 662 g/mol. The quantitative estimate of drug-likeness (QED) is 0.432. The normalized spacial score (nSPS) is 23.3. The summed E-state index contributed by atoms with van der Waals surface area (Å²) < 4.78 is 42.0. The Bertz CT molecular complexity index is 1430. The lowest BCUT2D eigenvalue weighted by Gasteiger charge is -2.35. The second-order valence-corrected chi connectivity index (χ2v) is 15.0. The molecule has 2 N–H and O–H groups in total. The number of fused-ring (bicyclic) bond motifs is 1. The molecule has 2 amide bonds. The minimum Gasteiger partial charge on any atom is -0.490 e. The lowest BCUT2D eigenvalue weighted by Crippen LogP contribution is -2.48. The molecule has 4 atom stereocenters. The average Bonchev–Trinajstić information content (AvgIpc) is 3.49. The first-order chi connectivity index (χ1) is 21.9. The number of hydrogen-bond acceptors (Lipinski definition) is 8. The number of aryl methyl sites for hydroxylation is 1. The summed E-state index contributed by atoms with van der Waals surface area (Å²) in [6.07, 6.45) is 9.40. The number of imidazole rings is 1. The minimum absolute atomic E-state index is 0.0405. The van der Waals surface area contributed by atoms with Crippen molar-refractivity contribution in [3.63, 3.8) is 0 Å². The second-order valence-electron chi connectivity index (χ2n) is 13.0. The molecule has 13 heteroatoms. The topological polar surface area (TPSA) is 143 Å². The van der Waals surface area contributed by atoms with E-state index in [4.69, 9.17) is 9.47 Å². The summed E-state index contributed by atoms with van der Waals surface area (Å²) in [7, 11) is -0.656. The zero-order valence-electron chi connectivity index (χ0n) is 27.9. The number of aromatic nitrogens is 2. The van der Waals surface area contributed by atoms with Crippen LogP contribution in [0.5, 0.6) is 5.75 Å². The fourth-order valence-corrected chi connectivity index (χ4v) is 7.25. The van der Waals surface area contributed by atoms with Crippen molar-refractivity contribution in [3.05, 3.63) is 36.3 Å². The van der Waals surface area contributed by atoms with Crippen molar-refractivity contribution in [1.82, 2.24) is 18.8 Å². The van der Waals surface area contributed by atoms with Gasteiger partial charge in [-0.2, -0.15) is 4.31 Å². The van der Waals surface area contributed by atoms with Gasteiger partial charge in [0.2, 0.25) is 5.91 Å². The number of carbonyl (C=O) groups is 2. The minimum atomic E-state index is -3.87. The Morgan fingerprint density at radius 1 is 1.15 bits per heavy atom. The van der Waals surface area contributed by atoms with Crippen LogP contribution in [0.15, 0.2) is 35.7 Å². The van der Waals surface area contributed by atoms with Gasteiger partial charge in [-0.05, 0) is 64.2 Å². The van der Waals surface area contributed by atoms with E-state index >= 15 is 0 Å². The maximum absolute atomic E-state index is 14.3. The molecule has 0 spiro atoms. The number of rotatable bonds is 8. The maximum atomic E-state index is 14.3. The summed E-state index contributed by atoms with van der Waals surface area (Å²) in [6.45, 7) is 6.03. The van der Waals surface area contributed by atoms with E-state index in [1.54, 1.807) is 41.6 Å². The van der Waals surface area contributed by atoms with Gasteiger partial charge in [0.05, 0.1) is 36.7 Å². The fourth-order valence-electron chi connectivity index (χ4n) is 6.11. The maximum Gasteiger partial charge on any atom is 0.261 e. The molecule has 0 unspecified atom stereocenters. The number of anilines is 1. The number of benzene rings is 1. The number of ether oxygens (including phenoxy) is 2. The first-order valence-electron chi connectivity index (χ1n) is 16.5. The smallest absolute Gasteiger partial charge is 0.261 e. The molecule has 46 heavy (non-hydrogen) atoms. The predicted molar refractivity (Wildman–Crippen MR) is 175 cm³/mol. The number of aliphatic hydroxyl groups is 1. The summed E-state index contributed by atoms with van der Waals surface area (Å²) >= 11 is 0. The van der Waals surface area contributed by atoms with Crippen LogP contribution in [-0.4, -0.2) is 95.7 Å². The Morgan fingerprint density at radius 3 is 2.54 bits per heavy atom. The van der Waals surface area contributed by atoms with Gasteiger partial charge in [-0.1, -0.05) is 26.2 Å². The number of aliphatic hydroxyl groups excluding tert-OH is 1. The van der Waals surface area contributed by atoms with E-state index in [0.29, 0.717) is 23.6 Å². The van der Waals surface area contributed by atoms with E-state index in [1.165, 1.54) is 23.9 Å². The number of likely N-dealkylation sites (N-methyl/N-ethyl adjacent to an activating group) is 1. The van der Waals surface area contributed by atoms with Crippen molar-refractivity contribution in [1.29, 1.82) is 0 Å².